The Morgan fingerprint density at radius 1 is 1.36 bits per heavy atom. The van der Waals surface area contributed by atoms with Gasteiger partial charge in [-0.1, -0.05) is 25.9 Å². The Morgan fingerprint density at radius 2 is 2.00 bits per heavy atom. The molecule has 2 N–H and O–H groups in total. The molecule has 1 aromatic heterocycles. The summed E-state index contributed by atoms with van der Waals surface area (Å²) in [4.78, 5) is 28.5. The van der Waals surface area contributed by atoms with Gasteiger partial charge < -0.3 is 5.32 Å². The highest BCUT2D eigenvalue weighted by Gasteiger charge is 2.42. The van der Waals surface area contributed by atoms with Crippen molar-refractivity contribution >= 4 is 5.91 Å². The fourth-order valence-electron chi connectivity index (χ4n) is 2.76. The van der Waals surface area contributed by atoms with Gasteiger partial charge in [-0.2, -0.15) is 0 Å². The van der Waals surface area contributed by atoms with Crippen LogP contribution >= 0.6 is 0 Å². The van der Waals surface area contributed by atoms with Gasteiger partial charge in [0.2, 0.25) is 5.91 Å². The second kappa shape index (κ2) is 5.53. The SMILES string of the molecule is CC(C)(C)C(NC(=O)C1CCN1C(C)(C)C)c1noc(=O)[nH]1. The van der Waals surface area contributed by atoms with Crippen molar-refractivity contribution in [2.75, 3.05) is 6.54 Å². The van der Waals surface area contributed by atoms with Crippen molar-refractivity contribution in [1.82, 2.24) is 20.4 Å². The van der Waals surface area contributed by atoms with Gasteiger partial charge in [-0.05, 0) is 32.6 Å². The third-order valence-electron chi connectivity index (χ3n) is 4.07. The monoisotopic (exact) mass is 310 g/mol. The minimum absolute atomic E-state index is 0.0371. The summed E-state index contributed by atoms with van der Waals surface area (Å²) in [6, 6.07) is -0.544. The van der Waals surface area contributed by atoms with E-state index in [4.69, 9.17) is 0 Å². The molecule has 1 aliphatic heterocycles. The van der Waals surface area contributed by atoms with Crippen LogP contribution in [0.5, 0.6) is 0 Å². The Bertz CT molecular complexity index is 591. The first kappa shape index (κ1) is 16.7. The number of hydrogen-bond donors (Lipinski definition) is 2. The first-order chi connectivity index (χ1) is 10.00. The molecule has 1 saturated heterocycles. The second-order valence-electron chi connectivity index (χ2n) is 7.96. The first-order valence-corrected chi connectivity index (χ1v) is 7.63. The van der Waals surface area contributed by atoms with Crippen molar-refractivity contribution in [2.45, 2.75) is 65.6 Å². The van der Waals surface area contributed by atoms with Crippen LogP contribution in [0, 0.1) is 5.41 Å². The van der Waals surface area contributed by atoms with Gasteiger partial charge in [0.15, 0.2) is 5.82 Å². The zero-order valence-corrected chi connectivity index (χ0v) is 14.2. The fourth-order valence-corrected chi connectivity index (χ4v) is 2.76. The van der Waals surface area contributed by atoms with Gasteiger partial charge >= 0.3 is 5.76 Å². The number of carbonyl (C=O) groups is 1. The summed E-state index contributed by atoms with van der Waals surface area (Å²) < 4.78 is 4.58. The molecular weight excluding hydrogens is 284 g/mol. The van der Waals surface area contributed by atoms with Gasteiger partial charge in [0.1, 0.15) is 0 Å². The number of aromatic amines is 1. The van der Waals surface area contributed by atoms with E-state index in [2.05, 4.69) is 45.7 Å². The van der Waals surface area contributed by atoms with Crippen LogP contribution in [-0.4, -0.2) is 39.1 Å². The standard InChI is InChI=1S/C15H26N4O3/c1-14(2,3)10(11-17-13(21)22-18-11)16-12(20)9-7-8-19(9)15(4,5)6/h9-10H,7-8H2,1-6H3,(H,16,20)(H,17,18,21). The molecule has 2 unspecified atom stereocenters. The molecule has 0 bridgehead atoms. The van der Waals surface area contributed by atoms with Gasteiger partial charge in [0, 0.05) is 12.1 Å². The third kappa shape index (κ3) is 3.40. The normalized spacial score (nSPS) is 21.3. The van der Waals surface area contributed by atoms with Crippen LogP contribution in [0.1, 0.15) is 59.8 Å². The van der Waals surface area contributed by atoms with E-state index in [0.29, 0.717) is 5.82 Å². The molecule has 0 aliphatic carbocycles. The van der Waals surface area contributed by atoms with E-state index in [-0.39, 0.29) is 22.9 Å². The number of nitrogens with zero attached hydrogens (tertiary/aromatic N) is 2. The summed E-state index contributed by atoms with van der Waals surface area (Å²) in [6.07, 6.45) is 0.843. The van der Waals surface area contributed by atoms with Crippen molar-refractivity contribution < 1.29 is 9.32 Å². The molecule has 0 radical (unpaired) electrons. The highest BCUT2D eigenvalue weighted by Crippen LogP contribution is 2.32. The molecule has 1 aromatic rings. The fraction of sp³-hybridized carbons (Fsp3) is 0.800. The van der Waals surface area contributed by atoms with Gasteiger partial charge in [-0.15, -0.1) is 0 Å². The minimum Gasteiger partial charge on any atom is -0.344 e. The van der Waals surface area contributed by atoms with E-state index >= 15 is 0 Å². The van der Waals surface area contributed by atoms with Crippen molar-refractivity contribution in [3.05, 3.63) is 16.4 Å². The van der Waals surface area contributed by atoms with E-state index in [9.17, 15) is 9.59 Å². The second-order valence-corrected chi connectivity index (χ2v) is 7.96. The average Bonchev–Trinajstić information content (AvgIpc) is 2.66. The van der Waals surface area contributed by atoms with Gasteiger partial charge in [-0.3, -0.25) is 19.2 Å². The lowest BCUT2D eigenvalue weighted by molar-refractivity contribution is -0.136. The van der Waals surface area contributed by atoms with E-state index in [1.807, 2.05) is 20.8 Å². The lowest BCUT2D eigenvalue weighted by atomic mass is 9.85. The Morgan fingerprint density at radius 3 is 2.36 bits per heavy atom. The molecule has 2 atom stereocenters. The Kier molecular flexibility index (Phi) is 4.21. The number of amides is 1. The molecule has 0 saturated carbocycles. The van der Waals surface area contributed by atoms with Crippen LogP contribution in [0.4, 0.5) is 0 Å². The van der Waals surface area contributed by atoms with Crippen LogP contribution < -0.4 is 11.1 Å². The number of hydrogen-bond acceptors (Lipinski definition) is 5. The zero-order valence-electron chi connectivity index (χ0n) is 14.2. The van der Waals surface area contributed by atoms with Crippen molar-refractivity contribution in [1.29, 1.82) is 0 Å². The molecule has 7 nitrogen and oxygen atoms in total. The lowest BCUT2D eigenvalue weighted by Crippen LogP contribution is -2.63. The lowest BCUT2D eigenvalue weighted by Gasteiger charge is -2.49. The molecule has 1 aliphatic rings. The van der Waals surface area contributed by atoms with Crippen LogP contribution in [0.3, 0.4) is 0 Å². The van der Waals surface area contributed by atoms with Crippen LogP contribution in [0.2, 0.25) is 0 Å². The topological polar surface area (TPSA) is 91.2 Å². The predicted molar refractivity (Wildman–Crippen MR) is 82.3 cm³/mol. The predicted octanol–water partition coefficient (Wildman–Crippen LogP) is 1.44. The molecule has 7 heteroatoms. The highest BCUT2D eigenvalue weighted by atomic mass is 16.5. The molecule has 124 valence electrons. The van der Waals surface area contributed by atoms with Crippen LogP contribution in [-0.2, 0) is 4.79 Å². The number of H-pyrrole nitrogens is 1. The van der Waals surface area contributed by atoms with Crippen molar-refractivity contribution in [2.24, 2.45) is 5.41 Å². The molecule has 2 rings (SSSR count). The molecular formula is C15H26N4O3. The summed E-state index contributed by atoms with van der Waals surface area (Å²) in [5, 5.41) is 6.75. The van der Waals surface area contributed by atoms with E-state index in [1.54, 1.807) is 0 Å². The summed E-state index contributed by atoms with van der Waals surface area (Å²) in [7, 11) is 0. The molecule has 0 spiro atoms. The van der Waals surface area contributed by atoms with Crippen LogP contribution in [0.15, 0.2) is 9.32 Å². The maximum Gasteiger partial charge on any atom is 0.438 e. The average molecular weight is 310 g/mol. The summed E-state index contributed by atoms with van der Waals surface area (Å²) in [6.45, 7) is 13.2. The summed E-state index contributed by atoms with van der Waals surface area (Å²) >= 11 is 0. The largest absolute Gasteiger partial charge is 0.438 e. The number of nitrogens with one attached hydrogen (secondary N) is 2. The minimum atomic E-state index is -0.613. The molecule has 2 heterocycles. The number of aromatic nitrogens is 2. The molecule has 22 heavy (non-hydrogen) atoms. The number of rotatable bonds is 3. The zero-order chi connectivity index (χ0) is 16.7. The quantitative estimate of drug-likeness (QED) is 0.881. The smallest absolute Gasteiger partial charge is 0.344 e. The first-order valence-electron chi connectivity index (χ1n) is 7.63. The van der Waals surface area contributed by atoms with Crippen molar-refractivity contribution in [3.63, 3.8) is 0 Å². The van der Waals surface area contributed by atoms with Crippen LogP contribution in [0.25, 0.3) is 0 Å². The van der Waals surface area contributed by atoms with E-state index in [0.717, 1.165) is 13.0 Å². The summed E-state index contributed by atoms with van der Waals surface area (Å²) in [5.74, 6) is -0.295. The highest BCUT2D eigenvalue weighted by molar-refractivity contribution is 5.83. The molecule has 1 amide bonds. The van der Waals surface area contributed by atoms with E-state index in [1.165, 1.54) is 0 Å². The third-order valence-corrected chi connectivity index (χ3v) is 4.07. The maximum atomic E-state index is 12.6. The van der Waals surface area contributed by atoms with Gasteiger partial charge in [0.05, 0.1) is 12.1 Å². The molecule has 1 fully saturated rings. The van der Waals surface area contributed by atoms with Gasteiger partial charge in [0.25, 0.3) is 0 Å². The Hall–Kier alpha value is -1.63. The van der Waals surface area contributed by atoms with Crippen molar-refractivity contribution in [3.8, 4) is 0 Å². The Balaban J connectivity index is 2.15. The van der Waals surface area contributed by atoms with Gasteiger partial charge in [-0.25, -0.2) is 4.79 Å². The number of likely N-dealkylation sites (tertiary alicyclic amines) is 1. The molecule has 0 aromatic carbocycles. The Labute approximate surface area is 130 Å². The van der Waals surface area contributed by atoms with E-state index < -0.39 is 11.8 Å². The maximum absolute atomic E-state index is 12.6. The number of carbonyl (C=O) groups excluding carboxylic acids is 1. The summed E-state index contributed by atoms with van der Waals surface area (Å²) in [5.41, 5.74) is -0.342.